The number of carbonyl (C=O) groups excluding carboxylic acids is 1. The van der Waals surface area contributed by atoms with Crippen molar-refractivity contribution in [2.45, 2.75) is 88.5 Å². The van der Waals surface area contributed by atoms with Crippen LogP contribution in [-0.4, -0.2) is 49.5 Å². The number of amides is 1. The molecule has 0 saturated heterocycles. The van der Waals surface area contributed by atoms with Crippen LogP contribution in [0.2, 0.25) is 0 Å². The van der Waals surface area contributed by atoms with Gasteiger partial charge in [-0.2, -0.15) is 4.39 Å². The molecule has 0 saturated carbocycles. The van der Waals surface area contributed by atoms with Crippen LogP contribution in [0, 0.1) is 5.41 Å². The quantitative estimate of drug-likeness (QED) is 0.140. The van der Waals surface area contributed by atoms with E-state index in [2.05, 4.69) is 19.2 Å². The second-order valence-corrected chi connectivity index (χ2v) is 15.0. The van der Waals surface area contributed by atoms with E-state index in [9.17, 15) is 22.4 Å². The number of benzene rings is 2. The van der Waals surface area contributed by atoms with Gasteiger partial charge in [0.1, 0.15) is 12.0 Å². The fraction of sp³-hybridized carbons (Fsp3) is 0.500. The van der Waals surface area contributed by atoms with Crippen LogP contribution in [0.1, 0.15) is 83.5 Å². The maximum absolute atomic E-state index is 14.2. The Hall–Kier alpha value is -3.05. The van der Waals surface area contributed by atoms with Crippen LogP contribution in [0.15, 0.2) is 58.3 Å². The molecule has 43 heavy (non-hydrogen) atoms. The van der Waals surface area contributed by atoms with Crippen molar-refractivity contribution >= 4 is 44.9 Å². The van der Waals surface area contributed by atoms with Gasteiger partial charge in [0.05, 0.1) is 21.2 Å². The Morgan fingerprint density at radius 3 is 2.23 bits per heavy atom. The van der Waals surface area contributed by atoms with Crippen molar-refractivity contribution in [1.82, 2.24) is 5.32 Å². The van der Waals surface area contributed by atoms with E-state index in [1.165, 1.54) is 17.8 Å². The van der Waals surface area contributed by atoms with Gasteiger partial charge in [-0.15, -0.1) is 11.8 Å². The van der Waals surface area contributed by atoms with E-state index in [1.807, 2.05) is 37.8 Å². The van der Waals surface area contributed by atoms with Crippen LogP contribution in [0.4, 0.5) is 15.8 Å². The Labute approximate surface area is 259 Å². The molecule has 0 spiro atoms. The van der Waals surface area contributed by atoms with Crippen LogP contribution in [-0.2, 0) is 14.6 Å². The maximum atomic E-state index is 14.2. The third-order valence-electron chi connectivity index (χ3n) is 7.41. The summed E-state index contributed by atoms with van der Waals surface area (Å²) >= 11 is 1.27. The number of hydrogen-bond acceptors (Lipinski definition) is 7. The fourth-order valence-electron chi connectivity index (χ4n) is 5.32. The molecule has 2 N–H and O–H groups in total. The molecule has 2 aromatic rings. The number of anilines is 2. The molecular formula is C32H43FN2O6S2. The number of ether oxygens (including phenoxy) is 1. The second-order valence-electron chi connectivity index (χ2n) is 12.2. The molecule has 2 aromatic carbocycles. The molecule has 1 aliphatic rings. The summed E-state index contributed by atoms with van der Waals surface area (Å²) in [5.41, 5.74) is 0.747. The van der Waals surface area contributed by atoms with Crippen LogP contribution >= 0.6 is 11.8 Å². The zero-order valence-electron chi connectivity index (χ0n) is 25.8. The van der Waals surface area contributed by atoms with E-state index in [-0.39, 0.29) is 22.3 Å². The highest BCUT2D eigenvalue weighted by Gasteiger charge is 2.42. The van der Waals surface area contributed by atoms with Gasteiger partial charge in [-0.05, 0) is 70.2 Å². The van der Waals surface area contributed by atoms with Crippen LogP contribution in [0.3, 0.4) is 0 Å². The average Bonchev–Trinajstić information content (AvgIpc) is 3.04. The molecule has 0 bridgehead atoms. The molecule has 11 heteroatoms. The van der Waals surface area contributed by atoms with Gasteiger partial charge in [-0.25, -0.2) is 13.2 Å². The Balaban J connectivity index is 2.23. The predicted molar refractivity (Wildman–Crippen MR) is 170 cm³/mol. The largest absolute Gasteiger partial charge is 0.476 e. The van der Waals surface area contributed by atoms with E-state index in [0.29, 0.717) is 29.0 Å². The highest BCUT2D eigenvalue weighted by Crippen LogP contribution is 2.48. The molecule has 1 aliphatic heterocycles. The van der Waals surface area contributed by atoms with Crippen molar-refractivity contribution in [3.8, 4) is 5.75 Å². The van der Waals surface area contributed by atoms with Gasteiger partial charge in [0.2, 0.25) is 5.83 Å². The first kappa shape index (κ1) is 34.4. The molecule has 3 rings (SSSR count). The SMILES string of the molecule is CCCCC1(CCCC)CN(c2ccc(C(=O)NC(C)(C)C)cc2)c2cc(SC)c(O/C=C(\F)C(=O)O)cc2S(=O)(=O)C1. The summed E-state index contributed by atoms with van der Waals surface area (Å²) in [5.74, 6) is -3.50. The van der Waals surface area contributed by atoms with Crippen LogP contribution in [0.5, 0.6) is 5.75 Å². The van der Waals surface area contributed by atoms with Gasteiger partial charge in [0, 0.05) is 34.8 Å². The summed E-state index contributed by atoms with van der Waals surface area (Å²) in [4.78, 5) is 26.3. The Morgan fingerprint density at radius 2 is 1.72 bits per heavy atom. The van der Waals surface area contributed by atoms with Gasteiger partial charge in [0.15, 0.2) is 9.84 Å². The van der Waals surface area contributed by atoms with Crippen LogP contribution < -0.4 is 15.0 Å². The Bertz CT molecular complexity index is 1440. The van der Waals surface area contributed by atoms with Crippen molar-refractivity contribution in [2.75, 3.05) is 23.5 Å². The Morgan fingerprint density at radius 1 is 1.12 bits per heavy atom. The molecule has 0 aromatic heterocycles. The van der Waals surface area contributed by atoms with Crippen molar-refractivity contribution in [1.29, 1.82) is 0 Å². The second kappa shape index (κ2) is 14.2. The van der Waals surface area contributed by atoms with Gasteiger partial charge >= 0.3 is 5.97 Å². The zero-order valence-corrected chi connectivity index (χ0v) is 27.5. The number of halogens is 1. The zero-order chi connectivity index (χ0) is 32.0. The first-order chi connectivity index (χ1) is 20.1. The molecule has 0 radical (unpaired) electrons. The van der Waals surface area contributed by atoms with Gasteiger partial charge in [-0.1, -0.05) is 39.5 Å². The van der Waals surface area contributed by atoms with E-state index in [0.717, 1.165) is 44.2 Å². The first-order valence-electron chi connectivity index (χ1n) is 14.6. The first-order valence-corrected chi connectivity index (χ1v) is 17.4. The normalized spacial score (nSPS) is 16.3. The van der Waals surface area contributed by atoms with E-state index in [4.69, 9.17) is 9.84 Å². The molecule has 0 aliphatic carbocycles. The molecule has 1 amide bonds. The lowest BCUT2D eigenvalue weighted by molar-refractivity contribution is -0.134. The minimum Gasteiger partial charge on any atom is -0.476 e. The molecule has 1 heterocycles. The van der Waals surface area contributed by atoms with Gasteiger partial charge in [-0.3, -0.25) is 4.79 Å². The molecule has 0 unspecified atom stereocenters. The fourth-order valence-corrected chi connectivity index (χ4v) is 7.98. The number of aliphatic carboxylic acids is 1. The number of carboxylic acid groups (broad SMARTS) is 1. The molecule has 0 fully saturated rings. The third-order valence-corrected chi connectivity index (χ3v) is 10.2. The lowest BCUT2D eigenvalue weighted by atomic mass is 9.79. The average molecular weight is 635 g/mol. The maximum Gasteiger partial charge on any atom is 0.368 e. The number of unbranched alkanes of at least 4 members (excludes halogenated alkanes) is 2. The van der Waals surface area contributed by atoms with Crippen molar-refractivity contribution in [3.63, 3.8) is 0 Å². The molecule has 236 valence electrons. The predicted octanol–water partition coefficient (Wildman–Crippen LogP) is 7.50. The number of nitrogens with zero attached hydrogens (tertiary/aromatic N) is 1. The van der Waals surface area contributed by atoms with Crippen molar-refractivity contribution in [3.05, 3.63) is 54.1 Å². The van der Waals surface area contributed by atoms with Crippen LogP contribution in [0.25, 0.3) is 0 Å². The number of nitrogens with one attached hydrogen (secondary N) is 1. The summed E-state index contributed by atoms with van der Waals surface area (Å²) in [7, 11) is -3.86. The number of rotatable bonds is 12. The van der Waals surface area contributed by atoms with E-state index < -0.39 is 32.6 Å². The highest BCUT2D eigenvalue weighted by molar-refractivity contribution is 7.98. The lowest BCUT2D eigenvalue weighted by Crippen LogP contribution is -2.40. The topological polar surface area (TPSA) is 113 Å². The van der Waals surface area contributed by atoms with E-state index >= 15 is 0 Å². The van der Waals surface area contributed by atoms with Crippen molar-refractivity contribution in [2.24, 2.45) is 5.41 Å². The number of sulfone groups is 1. The molecular weight excluding hydrogens is 591 g/mol. The summed E-state index contributed by atoms with van der Waals surface area (Å²) < 4.78 is 47.5. The Kier molecular flexibility index (Phi) is 11.3. The minimum absolute atomic E-state index is 0.0360. The summed E-state index contributed by atoms with van der Waals surface area (Å²) in [6.07, 6.45) is 7.30. The van der Waals surface area contributed by atoms with Gasteiger partial charge < -0.3 is 20.1 Å². The molecule has 8 nitrogen and oxygen atoms in total. The smallest absolute Gasteiger partial charge is 0.368 e. The number of carbonyl (C=O) groups is 2. The summed E-state index contributed by atoms with van der Waals surface area (Å²) in [6, 6.07) is 10.2. The third kappa shape index (κ3) is 8.75. The number of hydrogen-bond donors (Lipinski definition) is 2. The highest BCUT2D eigenvalue weighted by atomic mass is 32.2. The van der Waals surface area contributed by atoms with Gasteiger partial charge in [0.25, 0.3) is 5.91 Å². The number of fused-ring (bicyclic) bond motifs is 1. The summed E-state index contributed by atoms with van der Waals surface area (Å²) in [6.45, 7) is 10.4. The number of carboxylic acids is 1. The monoisotopic (exact) mass is 634 g/mol. The standard InChI is InChI=1S/C32H43FN2O6S2/c1-7-9-15-32(16-10-8-2)20-35(23-13-11-22(12-14-23)29(36)34-31(3,4)5)25-17-27(42-6)26(41-19-24(33)30(37)38)18-28(25)43(39,40)21-32/h11-14,17-19H,7-10,15-16,20-21H2,1-6H3,(H,34,36)(H,37,38)/b24-19-. The van der Waals surface area contributed by atoms with E-state index in [1.54, 1.807) is 24.5 Å². The lowest BCUT2D eigenvalue weighted by Gasteiger charge is -2.37. The summed E-state index contributed by atoms with van der Waals surface area (Å²) in [5, 5.41) is 11.9. The number of thioether (sulfide) groups is 1. The minimum atomic E-state index is -3.86. The van der Waals surface area contributed by atoms with Crippen molar-refractivity contribution < 1.29 is 32.2 Å². The molecule has 0 atom stereocenters.